The maximum atomic E-state index is 12.9. The molecule has 0 fully saturated rings. The highest BCUT2D eigenvalue weighted by molar-refractivity contribution is 5.77. The largest absolute Gasteiger partial charge is 0.417 e. The van der Waals surface area contributed by atoms with Gasteiger partial charge >= 0.3 is 12.4 Å². The van der Waals surface area contributed by atoms with E-state index in [9.17, 15) is 26.3 Å². The van der Waals surface area contributed by atoms with Gasteiger partial charge in [0.15, 0.2) is 0 Å². The average Bonchev–Trinajstić information content (AvgIpc) is 2.36. The molecular formula is C13H8F6N2. The van der Waals surface area contributed by atoms with Crippen LogP contribution in [-0.2, 0) is 12.4 Å². The lowest BCUT2D eigenvalue weighted by Gasteiger charge is -2.15. The highest BCUT2D eigenvalue weighted by Gasteiger charge is 2.36. The van der Waals surface area contributed by atoms with Crippen molar-refractivity contribution in [2.75, 3.05) is 5.73 Å². The topological polar surface area (TPSA) is 38.9 Å². The molecule has 0 aliphatic carbocycles. The monoisotopic (exact) mass is 306 g/mol. The van der Waals surface area contributed by atoms with Crippen molar-refractivity contribution >= 4 is 5.82 Å². The van der Waals surface area contributed by atoms with Crippen molar-refractivity contribution in [2.45, 2.75) is 12.4 Å². The van der Waals surface area contributed by atoms with Gasteiger partial charge in [-0.15, -0.1) is 0 Å². The molecule has 2 rings (SSSR count). The van der Waals surface area contributed by atoms with E-state index in [1.165, 1.54) is 0 Å². The molecule has 0 saturated heterocycles. The summed E-state index contributed by atoms with van der Waals surface area (Å²) < 4.78 is 76.8. The van der Waals surface area contributed by atoms with Crippen LogP contribution in [0.2, 0.25) is 0 Å². The lowest BCUT2D eigenvalue weighted by molar-refractivity contribution is -0.137. The molecule has 0 unspecified atom stereocenters. The Morgan fingerprint density at radius 3 is 2.14 bits per heavy atom. The number of rotatable bonds is 1. The van der Waals surface area contributed by atoms with Crippen LogP contribution in [0.5, 0.6) is 0 Å². The highest BCUT2D eigenvalue weighted by atomic mass is 19.4. The van der Waals surface area contributed by atoms with Crippen LogP contribution < -0.4 is 5.73 Å². The zero-order valence-corrected chi connectivity index (χ0v) is 10.3. The predicted molar refractivity (Wildman–Crippen MR) is 64.1 cm³/mol. The molecule has 0 radical (unpaired) electrons. The van der Waals surface area contributed by atoms with Crippen LogP contribution in [0.3, 0.4) is 0 Å². The molecule has 2 nitrogen and oxygen atoms in total. The quantitative estimate of drug-likeness (QED) is 0.795. The first-order chi connectivity index (χ1) is 9.60. The molecule has 0 aliphatic rings. The lowest BCUT2D eigenvalue weighted by atomic mass is 9.98. The van der Waals surface area contributed by atoms with E-state index in [0.717, 1.165) is 24.4 Å². The Morgan fingerprint density at radius 1 is 0.905 bits per heavy atom. The Balaban J connectivity index is 2.68. The fraction of sp³-hybridized carbons (Fsp3) is 0.154. The number of alkyl halides is 6. The van der Waals surface area contributed by atoms with Crippen LogP contribution >= 0.6 is 0 Å². The van der Waals surface area contributed by atoms with Crippen molar-refractivity contribution in [2.24, 2.45) is 0 Å². The second kappa shape index (κ2) is 4.94. The molecule has 1 aromatic heterocycles. The number of aromatic nitrogens is 1. The van der Waals surface area contributed by atoms with Gasteiger partial charge in [0, 0.05) is 11.8 Å². The van der Waals surface area contributed by atoms with Gasteiger partial charge in [-0.05, 0) is 23.8 Å². The molecule has 1 heterocycles. The molecule has 0 amide bonds. The van der Waals surface area contributed by atoms with E-state index >= 15 is 0 Å². The number of halogens is 6. The van der Waals surface area contributed by atoms with Gasteiger partial charge in [0.1, 0.15) is 5.82 Å². The first kappa shape index (κ1) is 15.1. The van der Waals surface area contributed by atoms with Crippen LogP contribution in [0.4, 0.5) is 32.2 Å². The molecule has 21 heavy (non-hydrogen) atoms. The second-order valence-corrected chi connectivity index (χ2v) is 4.20. The normalized spacial score (nSPS) is 12.5. The summed E-state index contributed by atoms with van der Waals surface area (Å²) in [5.41, 5.74) is 2.38. The standard InChI is InChI=1S/C13H8F6N2/c14-12(15,16)8-3-1-2-7(6-8)10-9(13(17,18)19)4-5-21-11(10)20/h1-6H,(H2,20,21). The zero-order valence-electron chi connectivity index (χ0n) is 10.3. The van der Waals surface area contributed by atoms with Crippen LogP contribution in [0.1, 0.15) is 11.1 Å². The van der Waals surface area contributed by atoms with E-state index in [0.29, 0.717) is 12.1 Å². The molecular weight excluding hydrogens is 298 g/mol. The fourth-order valence-corrected chi connectivity index (χ4v) is 1.87. The lowest BCUT2D eigenvalue weighted by Crippen LogP contribution is -2.10. The van der Waals surface area contributed by atoms with E-state index in [-0.39, 0.29) is 5.56 Å². The zero-order chi connectivity index (χ0) is 15.8. The summed E-state index contributed by atoms with van der Waals surface area (Å²) in [5, 5.41) is 0. The molecule has 112 valence electrons. The molecule has 0 spiro atoms. The summed E-state index contributed by atoms with van der Waals surface area (Å²) in [4.78, 5) is 3.52. The maximum absolute atomic E-state index is 12.9. The number of nitrogen functional groups attached to an aromatic ring is 1. The van der Waals surface area contributed by atoms with Gasteiger partial charge in [-0.2, -0.15) is 26.3 Å². The Morgan fingerprint density at radius 2 is 1.57 bits per heavy atom. The van der Waals surface area contributed by atoms with Crippen molar-refractivity contribution in [3.8, 4) is 11.1 Å². The Hall–Kier alpha value is -2.25. The summed E-state index contributed by atoms with van der Waals surface area (Å²) in [6, 6.07) is 4.19. The third-order valence-corrected chi connectivity index (χ3v) is 2.76. The van der Waals surface area contributed by atoms with Crippen LogP contribution in [0, 0.1) is 0 Å². The molecule has 1 aromatic carbocycles. The third-order valence-electron chi connectivity index (χ3n) is 2.76. The van der Waals surface area contributed by atoms with E-state index in [4.69, 9.17) is 5.73 Å². The number of nitrogens with two attached hydrogens (primary N) is 1. The summed E-state index contributed by atoms with van der Waals surface area (Å²) in [5.74, 6) is -0.482. The Labute approximate surface area is 115 Å². The molecule has 0 bridgehead atoms. The van der Waals surface area contributed by atoms with Crippen LogP contribution in [0.25, 0.3) is 11.1 Å². The van der Waals surface area contributed by atoms with Gasteiger partial charge in [0.2, 0.25) is 0 Å². The SMILES string of the molecule is Nc1nccc(C(F)(F)F)c1-c1cccc(C(F)(F)F)c1. The summed E-state index contributed by atoms with van der Waals surface area (Å²) in [6.07, 6.45) is -8.55. The van der Waals surface area contributed by atoms with Crippen LogP contribution in [-0.4, -0.2) is 4.98 Å². The molecule has 2 aromatic rings. The van der Waals surface area contributed by atoms with E-state index in [1.807, 2.05) is 0 Å². The number of hydrogen-bond acceptors (Lipinski definition) is 2. The van der Waals surface area contributed by atoms with Gasteiger partial charge in [0.05, 0.1) is 11.1 Å². The van der Waals surface area contributed by atoms with E-state index < -0.39 is 34.9 Å². The minimum atomic E-state index is -4.75. The smallest absolute Gasteiger partial charge is 0.383 e. The number of nitrogens with zero attached hydrogens (tertiary/aromatic N) is 1. The summed E-state index contributed by atoms with van der Waals surface area (Å²) in [6.45, 7) is 0. The molecule has 0 saturated carbocycles. The number of pyridine rings is 1. The first-order valence-electron chi connectivity index (χ1n) is 5.60. The third kappa shape index (κ3) is 3.09. The highest BCUT2D eigenvalue weighted by Crippen LogP contribution is 2.40. The second-order valence-electron chi connectivity index (χ2n) is 4.20. The van der Waals surface area contributed by atoms with Gasteiger partial charge in [-0.1, -0.05) is 12.1 Å². The number of hydrogen-bond donors (Lipinski definition) is 1. The number of anilines is 1. The van der Waals surface area contributed by atoms with Gasteiger partial charge in [0.25, 0.3) is 0 Å². The van der Waals surface area contributed by atoms with Crippen molar-refractivity contribution in [1.82, 2.24) is 4.98 Å². The maximum Gasteiger partial charge on any atom is 0.417 e. The molecule has 2 N–H and O–H groups in total. The molecule has 0 atom stereocenters. The van der Waals surface area contributed by atoms with Crippen molar-refractivity contribution in [3.05, 3.63) is 47.7 Å². The Bertz CT molecular complexity index is 660. The van der Waals surface area contributed by atoms with Crippen molar-refractivity contribution < 1.29 is 26.3 Å². The minimum absolute atomic E-state index is 0.289. The van der Waals surface area contributed by atoms with E-state index in [1.54, 1.807) is 0 Å². The van der Waals surface area contributed by atoms with Gasteiger partial charge in [-0.3, -0.25) is 0 Å². The molecule has 0 aliphatic heterocycles. The summed E-state index contributed by atoms with van der Waals surface area (Å²) in [7, 11) is 0. The summed E-state index contributed by atoms with van der Waals surface area (Å²) >= 11 is 0. The predicted octanol–water partition coefficient (Wildman–Crippen LogP) is 4.37. The first-order valence-corrected chi connectivity index (χ1v) is 5.60. The molecule has 8 heteroatoms. The van der Waals surface area contributed by atoms with Crippen molar-refractivity contribution in [3.63, 3.8) is 0 Å². The minimum Gasteiger partial charge on any atom is -0.383 e. The average molecular weight is 306 g/mol. The fourth-order valence-electron chi connectivity index (χ4n) is 1.87. The van der Waals surface area contributed by atoms with Crippen LogP contribution in [0.15, 0.2) is 36.5 Å². The van der Waals surface area contributed by atoms with E-state index in [2.05, 4.69) is 4.98 Å². The van der Waals surface area contributed by atoms with Crippen molar-refractivity contribution in [1.29, 1.82) is 0 Å². The Kier molecular flexibility index (Phi) is 3.56. The van der Waals surface area contributed by atoms with Gasteiger partial charge in [-0.25, -0.2) is 4.98 Å². The van der Waals surface area contributed by atoms with Gasteiger partial charge < -0.3 is 5.73 Å². The number of benzene rings is 1.